The van der Waals surface area contributed by atoms with E-state index in [9.17, 15) is 0 Å². The van der Waals surface area contributed by atoms with E-state index in [1.54, 1.807) is 0 Å². The molecule has 2 rings (SSSR count). The zero-order valence-corrected chi connectivity index (χ0v) is 6.00. The maximum atomic E-state index is 5.19. The molecule has 1 saturated heterocycles. The third-order valence-electron chi connectivity index (χ3n) is 1.14. The van der Waals surface area contributed by atoms with Crippen molar-refractivity contribution in [3.8, 4) is 5.19 Å². The number of hydrogen-bond donors (Lipinski definition) is 0. The Bertz CT molecular complexity index is 197. The largest absolute Gasteiger partial charge is 0.466 e. The van der Waals surface area contributed by atoms with E-state index in [1.165, 1.54) is 17.9 Å². The van der Waals surface area contributed by atoms with E-state index in [0.717, 1.165) is 6.61 Å². The minimum atomic E-state index is 0.295. The highest BCUT2D eigenvalue weighted by Gasteiger charge is 2.23. The Balaban J connectivity index is 1.79. The molecule has 10 heavy (non-hydrogen) atoms. The van der Waals surface area contributed by atoms with Crippen molar-refractivity contribution in [2.75, 3.05) is 13.2 Å². The minimum Gasteiger partial charge on any atom is -0.466 e. The monoisotopic (exact) mass is 158 g/mol. The predicted octanol–water partition coefficient (Wildman–Crippen LogP) is 0.316. The van der Waals surface area contributed by atoms with E-state index in [-0.39, 0.29) is 0 Å². The molecule has 0 N–H and O–H groups in total. The van der Waals surface area contributed by atoms with Crippen LogP contribution in [0, 0.1) is 0 Å². The van der Waals surface area contributed by atoms with Crippen LogP contribution in [0.2, 0.25) is 0 Å². The maximum absolute atomic E-state index is 5.19. The Morgan fingerprint density at radius 3 is 3.40 bits per heavy atom. The fourth-order valence-corrected chi connectivity index (χ4v) is 0.955. The highest BCUT2D eigenvalue weighted by Crippen LogP contribution is 2.14. The fraction of sp³-hybridized carbons (Fsp3) is 0.600. The van der Waals surface area contributed by atoms with E-state index in [2.05, 4.69) is 9.36 Å². The van der Waals surface area contributed by atoms with E-state index in [4.69, 9.17) is 9.47 Å². The van der Waals surface area contributed by atoms with E-state index in [0.29, 0.717) is 17.9 Å². The fourth-order valence-electron chi connectivity index (χ4n) is 0.555. The Morgan fingerprint density at radius 1 is 1.90 bits per heavy atom. The van der Waals surface area contributed by atoms with Crippen LogP contribution < -0.4 is 4.74 Å². The van der Waals surface area contributed by atoms with Crippen molar-refractivity contribution >= 4 is 11.5 Å². The molecule has 0 amide bonds. The topological polar surface area (TPSA) is 47.5 Å². The van der Waals surface area contributed by atoms with Gasteiger partial charge in [0.25, 0.3) is 5.19 Å². The number of rotatable bonds is 3. The molecule has 2 heterocycles. The second kappa shape index (κ2) is 2.51. The average Bonchev–Trinajstić information content (AvgIpc) is 2.63. The summed E-state index contributed by atoms with van der Waals surface area (Å²) < 4.78 is 13.9. The lowest BCUT2D eigenvalue weighted by molar-refractivity contribution is 0.262. The van der Waals surface area contributed by atoms with E-state index >= 15 is 0 Å². The Hall–Kier alpha value is -0.680. The Morgan fingerprint density at radius 2 is 2.80 bits per heavy atom. The number of hydrogen-bond acceptors (Lipinski definition) is 5. The highest BCUT2D eigenvalue weighted by molar-refractivity contribution is 7.07. The summed E-state index contributed by atoms with van der Waals surface area (Å²) >= 11 is 1.25. The molecule has 0 radical (unpaired) electrons. The first-order valence-electron chi connectivity index (χ1n) is 2.96. The summed E-state index contributed by atoms with van der Waals surface area (Å²) in [6.45, 7) is 1.42. The predicted molar refractivity (Wildman–Crippen MR) is 35.1 cm³/mol. The molecule has 1 fully saturated rings. The molecule has 1 aliphatic heterocycles. The highest BCUT2D eigenvalue weighted by atomic mass is 32.1. The number of aromatic nitrogens is 2. The molecule has 1 aromatic rings. The first-order valence-corrected chi connectivity index (χ1v) is 3.73. The molecule has 0 aromatic carbocycles. The Kier molecular flexibility index (Phi) is 1.52. The Labute approximate surface area is 62.0 Å². The first-order chi connectivity index (χ1) is 4.95. The van der Waals surface area contributed by atoms with Crippen molar-refractivity contribution in [3.05, 3.63) is 6.33 Å². The third-order valence-corrected chi connectivity index (χ3v) is 1.72. The summed E-state index contributed by atoms with van der Waals surface area (Å²) in [5, 5.41) is 0.621. The summed E-state index contributed by atoms with van der Waals surface area (Å²) in [6, 6.07) is 0. The van der Waals surface area contributed by atoms with Crippen molar-refractivity contribution in [2.45, 2.75) is 6.10 Å². The second-order valence-electron chi connectivity index (χ2n) is 1.97. The van der Waals surface area contributed by atoms with Gasteiger partial charge in [-0.2, -0.15) is 9.36 Å². The minimum absolute atomic E-state index is 0.295. The molecule has 0 spiro atoms. The van der Waals surface area contributed by atoms with Crippen molar-refractivity contribution in [3.63, 3.8) is 0 Å². The van der Waals surface area contributed by atoms with Gasteiger partial charge >= 0.3 is 0 Å². The normalized spacial score (nSPS) is 22.6. The zero-order valence-electron chi connectivity index (χ0n) is 5.19. The standard InChI is InChI=1S/C5H6N2O2S/c1-4(8-1)2-9-5-6-3-7-10-5/h3-4H,1-2H2. The van der Waals surface area contributed by atoms with Gasteiger partial charge in [-0.15, -0.1) is 0 Å². The van der Waals surface area contributed by atoms with Crippen LogP contribution in [0.25, 0.3) is 0 Å². The van der Waals surface area contributed by atoms with Gasteiger partial charge in [-0.3, -0.25) is 0 Å². The van der Waals surface area contributed by atoms with Crippen LogP contribution in [-0.2, 0) is 4.74 Å². The smallest absolute Gasteiger partial charge is 0.293 e. The van der Waals surface area contributed by atoms with Gasteiger partial charge in [0.05, 0.1) is 6.61 Å². The molecule has 1 aliphatic rings. The molecule has 0 aliphatic carbocycles. The molecule has 5 heteroatoms. The average molecular weight is 158 g/mol. The van der Waals surface area contributed by atoms with Crippen LogP contribution in [0.4, 0.5) is 0 Å². The lowest BCUT2D eigenvalue weighted by atomic mass is 10.5. The lowest BCUT2D eigenvalue weighted by Gasteiger charge is -1.94. The van der Waals surface area contributed by atoms with Crippen molar-refractivity contribution in [1.29, 1.82) is 0 Å². The summed E-state index contributed by atoms with van der Waals surface area (Å²) in [5.74, 6) is 0. The van der Waals surface area contributed by atoms with Crippen LogP contribution in [0.15, 0.2) is 6.33 Å². The SMILES string of the molecule is c1nsc(OCC2CO2)n1. The maximum Gasteiger partial charge on any atom is 0.293 e. The van der Waals surface area contributed by atoms with Gasteiger partial charge in [0.2, 0.25) is 0 Å². The quantitative estimate of drug-likeness (QED) is 0.594. The van der Waals surface area contributed by atoms with Gasteiger partial charge in [0.1, 0.15) is 19.0 Å². The zero-order chi connectivity index (χ0) is 6.81. The van der Waals surface area contributed by atoms with Gasteiger partial charge in [-0.25, -0.2) is 0 Å². The van der Waals surface area contributed by atoms with Crippen LogP contribution in [0.3, 0.4) is 0 Å². The van der Waals surface area contributed by atoms with E-state index in [1.807, 2.05) is 0 Å². The molecule has 4 nitrogen and oxygen atoms in total. The van der Waals surface area contributed by atoms with Crippen LogP contribution in [-0.4, -0.2) is 28.7 Å². The molecule has 0 bridgehead atoms. The van der Waals surface area contributed by atoms with Crippen LogP contribution >= 0.6 is 11.5 Å². The van der Waals surface area contributed by atoms with Crippen molar-refractivity contribution < 1.29 is 9.47 Å². The molecule has 1 aromatic heterocycles. The molecular formula is C5H6N2O2S. The summed E-state index contributed by atoms with van der Waals surface area (Å²) in [4.78, 5) is 3.85. The van der Waals surface area contributed by atoms with Gasteiger partial charge in [0.15, 0.2) is 0 Å². The second-order valence-corrected chi connectivity index (χ2v) is 2.72. The van der Waals surface area contributed by atoms with Gasteiger partial charge in [-0.1, -0.05) is 0 Å². The summed E-state index contributed by atoms with van der Waals surface area (Å²) in [7, 11) is 0. The first kappa shape index (κ1) is 6.06. The van der Waals surface area contributed by atoms with E-state index < -0.39 is 0 Å². The van der Waals surface area contributed by atoms with Crippen LogP contribution in [0.1, 0.15) is 0 Å². The van der Waals surface area contributed by atoms with Crippen LogP contribution in [0.5, 0.6) is 5.19 Å². The lowest BCUT2D eigenvalue weighted by Crippen LogP contribution is -2.03. The summed E-state index contributed by atoms with van der Waals surface area (Å²) in [5.41, 5.74) is 0. The number of epoxide rings is 1. The molecule has 54 valence electrons. The van der Waals surface area contributed by atoms with Gasteiger partial charge in [-0.05, 0) is 0 Å². The van der Waals surface area contributed by atoms with Crippen molar-refractivity contribution in [1.82, 2.24) is 9.36 Å². The number of ether oxygens (including phenoxy) is 2. The van der Waals surface area contributed by atoms with Gasteiger partial charge < -0.3 is 9.47 Å². The molecular weight excluding hydrogens is 152 g/mol. The number of nitrogens with zero attached hydrogens (tertiary/aromatic N) is 2. The van der Waals surface area contributed by atoms with Crippen molar-refractivity contribution in [2.24, 2.45) is 0 Å². The molecule has 0 saturated carbocycles. The third kappa shape index (κ3) is 1.43. The molecule has 1 unspecified atom stereocenters. The summed E-state index contributed by atoms with van der Waals surface area (Å²) in [6.07, 6.45) is 1.78. The molecule has 1 atom stereocenters. The van der Waals surface area contributed by atoms with Gasteiger partial charge in [0, 0.05) is 11.5 Å².